The fourth-order valence-electron chi connectivity index (χ4n) is 2.32. The van der Waals surface area contributed by atoms with E-state index in [2.05, 4.69) is 10.4 Å². The van der Waals surface area contributed by atoms with Crippen molar-refractivity contribution < 1.29 is 4.79 Å². The Morgan fingerprint density at radius 1 is 1.30 bits per heavy atom. The first kappa shape index (κ1) is 15.3. The van der Waals surface area contributed by atoms with Crippen molar-refractivity contribution in [3.05, 3.63) is 63.8 Å². The number of fused-ring (bicyclic) bond motifs is 1. The molecule has 0 saturated heterocycles. The van der Waals surface area contributed by atoms with Gasteiger partial charge in [-0.3, -0.25) is 9.59 Å². The minimum Gasteiger partial charge on any atom is -0.324 e. The molecule has 6 nitrogen and oxygen atoms in total. The lowest BCUT2D eigenvalue weighted by Crippen LogP contribution is -2.34. The van der Waals surface area contributed by atoms with Gasteiger partial charge in [0, 0.05) is 16.9 Å². The molecule has 1 amide bonds. The van der Waals surface area contributed by atoms with E-state index < -0.39 is 6.04 Å². The van der Waals surface area contributed by atoms with E-state index in [0.717, 1.165) is 5.56 Å². The van der Waals surface area contributed by atoms with Crippen LogP contribution >= 0.6 is 11.6 Å². The average Bonchev–Trinajstić information content (AvgIpc) is 3.01. The second-order valence-electron chi connectivity index (χ2n) is 5.26. The number of carbonyl (C=O) groups excluding carboxylic acids is 1. The van der Waals surface area contributed by atoms with E-state index in [4.69, 9.17) is 11.6 Å². The van der Waals surface area contributed by atoms with Crippen molar-refractivity contribution in [2.45, 2.75) is 19.9 Å². The molecule has 0 aliphatic rings. The Labute approximate surface area is 137 Å². The van der Waals surface area contributed by atoms with E-state index in [1.54, 1.807) is 47.9 Å². The molecule has 3 rings (SSSR count). The molecule has 0 aliphatic heterocycles. The Balaban J connectivity index is 1.91. The summed E-state index contributed by atoms with van der Waals surface area (Å²) in [6, 6.07) is 7.96. The molecule has 0 saturated carbocycles. The second-order valence-corrected chi connectivity index (χ2v) is 5.67. The molecule has 23 heavy (non-hydrogen) atoms. The van der Waals surface area contributed by atoms with Gasteiger partial charge in [-0.15, -0.1) is 0 Å². The van der Waals surface area contributed by atoms with Crippen LogP contribution in [0.4, 0.5) is 5.69 Å². The van der Waals surface area contributed by atoms with Crippen LogP contribution in [0.15, 0.2) is 47.7 Å². The number of carbonyl (C=O) groups is 1. The monoisotopic (exact) mass is 330 g/mol. The maximum atomic E-state index is 12.4. The third-order valence-electron chi connectivity index (χ3n) is 3.78. The van der Waals surface area contributed by atoms with Crippen LogP contribution < -0.4 is 10.9 Å². The molecule has 0 fully saturated rings. The fraction of sp³-hybridized carbons (Fsp3) is 0.188. The number of benzene rings is 1. The molecular weight excluding hydrogens is 316 g/mol. The number of nitrogens with one attached hydrogen (secondary N) is 1. The van der Waals surface area contributed by atoms with Gasteiger partial charge in [-0.25, -0.2) is 4.68 Å². The largest absolute Gasteiger partial charge is 0.324 e. The highest BCUT2D eigenvalue weighted by Gasteiger charge is 2.19. The topological polar surface area (TPSA) is 68.4 Å². The van der Waals surface area contributed by atoms with Crippen LogP contribution in [0, 0.1) is 6.92 Å². The Kier molecular flexibility index (Phi) is 3.92. The maximum Gasteiger partial charge on any atom is 0.291 e. The predicted octanol–water partition coefficient (Wildman–Crippen LogP) is 2.66. The first-order chi connectivity index (χ1) is 11.0. The molecule has 3 aromatic rings. The molecule has 0 bridgehead atoms. The molecule has 2 aromatic heterocycles. The highest BCUT2D eigenvalue weighted by Crippen LogP contribution is 2.23. The molecule has 1 atom stereocenters. The highest BCUT2D eigenvalue weighted by molar-refractivity contribution is 6.31. The minimum atomic E-state index is -0.749. The van der Waals surface area contributed by atoms with Crippen LogP contribution in [-0.2, 0) is 4.79 Å². The molecule has 7 heteroatoms. The number of halogens is 1. The van der Waals surface area contributed by atoms with Crippen LogP contribution in [0.2, 0.25) is 5.02 Å². The van der Waals surface area contributed by atoms with Gasteiger partial charge in [-0.1, -0.05) is 17.7 Å². The van der Waals surface area contributed by atoms with Gasteiger partial charge in [-0.2, -0.15) is 5.10 Å². The molecule has 0 spiro atoms. The van der Waals surface area contributed by atoms with E-state index in [1.165, 1.54) is 11.0 Å². The molecule has 1 N–H and O–H groups in total. The summed E-state index contributed by atoms with van der Waals surface area (Å²) in [6.07, 6.45) is 3.24. The smallest absolute Gasteiger partial charge is 0.291 e. The van der Waals surface area contributed by atoms with E-state index in [9.17, 15) is 9.59 Å². The van der Waals surface area contributed by atoms with E-state index in [1.807, 2.05) is 6.92 Å². The van der Waals surface area contributed by atoms with Crippen molar-refractivity contribution in [3.63, 3.8) is 0 Å². The highest BCUT2D eigenvalue weighted by atomic mass is 35.5. The van der Waals surface area contributed by atoms with Gasteiger partial charge in [0.05, 0.1) is 0 Å². The first-order valence-electron chi connectivity index (χ1n) is 7.09. The molecular formula is C16H15ClN4O2. The van der Waals surface area contributed by atoms with Crippen LogP contribution in [0.25, 0.3) is 5.52 Å². The summed E-state index contributed by atoms with van der Waals surface area (Å²) in [6.45, 7) is 3.45. The van der Waals surface area contributed by atoms with Gasteiger partial charge in [0.2, 0.25) is 5.91 Å². The van der Waals surface area contributed by atoms with Crippen molar-refractivity contribution in [3.8, 4) is 0 Å². The number of nitrogens with zero attached hydrogens (tertiary/aromatic N) is 3. The summed E-state index contributed by atoms with van der Waals surface area (Å²) in [5.74, 6) is -0.333. The van der Waals surface area contributed by atoms with Gasteiger partial charge in [0.25, 0.3) is 5.56 Å². The maximum absolute atomic E-state index is 12.4. The predicted molar refractivity (Wildman–Crippen MR) is 89.0 cm³/mol. The summed E-state index contributed by atoms with van der Waals surface area (Å²) in [5.41, 5.74) is 1.55. The Bertz CT molecular complexity index is 945. The number of amides is 1. The lowest BCUT2D eigenvalue weighted by atomic mass is 10.2. The third kappa shape index (κ3) is 2.73. The fourth-order valence-corrected chi connectivity index (χ4v) is 2.50. The second kappa shape index (κ2) is 5.89. The van der Waals surface area contributed by atoms with Crippen LogP contribution in [-0.4, -0.2) is 20.1 Å². The molecule has 1 aromatic carbocycles. The lowest BCUT2D eigenvalue weighted by Gasteiger charge is -2.15. The standard InChI is InChI=1S/C16H15ClN4O2/c1-10-12(17)5-3-6-13(10)19-15(22)11(2)21-16(23)14-7-4-8-20(14)9-18-21/h3-9,11H,1-2H3,(H,19,22). The minimum absolute atomic E-state index is 0.317. The Morgan fingerprint density at radius 3 is 2.87 bits per heavy atom. The Hall–Kier alpha value is -2.60. The molecule has 118 valence electrons. The van der Waals surface area contributed by atoms with Gasteiger partial charge in [-0.05, 0) is 43.7 Å². The van der Waals surface area contributed by atoms with E-state index in [0.29, 0.717) is 16.2 Å². The van der Waals surface area contributed by atoms with Crippen LogP contribution in [0.3, 0.4) is 0 Å². The summed E-state index contributed by atoms with van der Waals surface area (Å²) in [7, 11) is 0. The van der Waals surface area contributed by atoms with Crippen LogP contribution in [0.1, 0.15) is 18.5 Å². The summed E-state index contributed by atoms with van der Waals surface area (Å²) >= 11 is 6.05. The zero-order chi connectivity index (χ0) is 16.6. The number of hydrogen-bond donors (Lipinski definition) is 1. The third-order valence-corrected chi connectivity index (χ3v) is 4.19. The van der Waals surface area contributed by atoms with Gasteiger partial charge in [0.1, 0.15) is 17.9 Å². The van der Waals surface area contributed by atoms with Gasteiger partial charge in [0.15, 0.2) is 0 Å². The number of rotatable bonds is 3. The SMILES string of the molecule is Cc1c(Cl)cccc1NC(=O)C(C)n1ncn2cccc2c1=O. The zero-order valence-corrected chi connectivity index (χ0v) is 13.4. The number of aromatic nitrogens is 3. The molecule has 1 unspecified atom stereocenters. The number of anilines is 1. The molecule has 0 radical (unpaired) electrons. The quantitative estimate of drug-likeness (QED) is 0.802. The van der Waals surface area contributed by atoms with Crippen molar-refractivity contribution in [2.75, 3.05) is 5.32 Å². The van der Waals surface area contributed by atoms with E-state index in [-0.39, 0.29) is 11.5 Å². The van der Waals surface area contributed by atoms with Gasteiger partial charge < -0.3 is 9.72 Å². The zero-order valence-electron chi connectivity index (χ0n) is 12.7. The van der Waals surface area contributed by atoms with Gasteiger partial charge >= 0.3 is 0 Å². The Morgan fingerprint density at radius 2 is 2.09 bits per heavy atom. The summed E-state index contributed by atoms with van der Waals surface area (Å²) in [5, 5.41) is 7.42. The molecule has 2 heterocycles. The normalized spacial score (nSPS) is 12.3. The van der Waals surface area contributed by atoms with Crippen molar-refractivity contribution in [1.82, 2.24) is 14.2 Å². The summed E-state index contributed by atoms with van der Waals surface area (Å²) < 4.78 is 2.79. The van der Waals surface area contributed by atoms with Crippen LogP contribution in [0.5, 0.6) is 0 Å². The van der Waals surface area contributed by atoms with Crippen molar-refractivity contribution in [2.24, 2.45) is 0 Å². The van der Waals surface area contributed by atoms with Crippen molar-refractivity contribution in [1.29, 1.82) is 0 Å². The lowest BCUT2D eigenvalue weighted by molar-refractivity contribution is -0.119. The molecule has 0 aliphatic carbocycles. The van der Waals surface area contributed by atoms with Crippen molar-refractivity contribution >= 4 is 28.7 Å². The number of hydrogen-bond acceptors (Lipinski definition) is 3. The summed E-state index contributed by atoms with van der Waals surface area (Å²) in [4.78, 5) is 24.8. The van der Waals surface area contributed by atoms with E-state index >= 15 is 0 Å². The first-order valence-corrected chi connectivity index (χ1v) is 7.47. The average molecular weight is 331 g/mol.